The molecule has 1 rings (SSSR count). The number of nitrogens with one attached hydrogen (secondary N) is 1. The molecule has 0 aromatic carbocycles. The molecule has 0 saturated carbocycles. The third-order valence-corrected chi connectivity index (χ3v) is 3.41. The van der Waals surface area contributed by atoms with Crippen LogP contribution in [0.25, 0.3) is 0 Å². The van der Waals surface area contributed by atoms with Gasteiger partial charge in [-0.3, -0.25) is 4.98 Å². The smallest absolute Gasteiger partial charge is 0.147 e. The molecule has 1 unspecified atom stereocenters. The summed E-state index contributed by atoms with van der Waals surface area (Å²) in [4.78, 5) is 11.2. The maximum absolute atomic E-state index is 4.68. The van der Waals surface area contributed by atoms with Crippen LogP contribution in [0.3, 0.4) is 0 Å². The quantitative estimate of drug-likeness (QED) is 0.888. The molecule has 0 amide bonds. The molecule has 19 heavy (non-hydrogen) atoms. The van der Waals surface area contributed by atoms with Crippen LogP contribution in [0, 0.1) is 5.92 Å². The van der Waals surface area contributed by atoms with Crippen molar-refractivity contribution in [1.82, 2.24) is 15.3 Å². The lowest BCUT2D eigenvalue weighted by molar-refractivity contribution is 0.420. The number of nitrogens with zero attached hydrogens (tertiary/aromatic N) is 3. The topological polar surface area (TPSA) is 41.1 Å². The monoisotopic (exact) mass is 264 g/mol. The van der Waals surface area contributed by atoms with E-state index >= 15 is 0 Å². The molecule has 108 valence electrons. The molecule has 0 spiro atoms. The van der Waals surface area contributed by atoms with Crippen LogP contribution in [0.1, 0.15) is 47.2 Å². The summed E-state index contributed by atoms with van der Waals surface area (Å²) in [6, 6.07) is 0.445. The fourth-order valence-corrected chi connectivity index (χ4v) is 1.66. The van der Waals surface area contributed by atoms with Gasteiger partial charge in [0, 0.05) is 31.4 Å². The van der Waals surface area contributed by atoms with Crippen molar-refractivity contribution >= 4 is 5.82 Å². The lowest BCUT2D eigenvalue weighted by atomic mass is 10.1. The van der Waals surface area contributed by atoms with Crippen molar-refractivity contribution < 1.29 is 0 Å². The van der Waals surface area contributed by atoms with Gasteiger partial charge in [0.05, 0.1) is 11.9 Å². The predicted octanol–water partition coefficient (Wildman–Crippen LogP) is 2.85. The Morgan fingerprint density at radius 1 is 1.21 bits per heavy atom. The lowest BCUT2D eigenvalue weighted by Gasteiger charge is -2.29. The van der Waals surface area contributed by atoms with Gasteiger partial charge in [0.2, 0.25) is 0 Å². The highest BCUT2D eigenvalue weighted by atomic mass is 15.2. The highest BCUT2D eigenvalue weighted by Gasteiger charge is 2.16. The summed E-state index contributed by atoms with van der Waals surface area (Å²) >= 11 is 0. The minimum atomic E-state index is 0.0921. The van der Waals surface area contributed by atoms with Gasteiger partial charge in [-0.05, 0) is 33.6 Å². The molecule has 4 nitrogen and oxygen atoms in total. The largest absolute Gasteiger partial charge is 0.355 e. The lowest BCUT2D eigenvalue weighted by Crippen LogP contribution is -2.36. The highest BCUT2D eigenvalue weighted by Crippen LogP contribution is 2.16. The van der Waals surface area contributed by atoms with Crippen molar-refractivity contribution in [3.63, 3.8) is 0 Å². The Kier molecular flexibility index (Phi) is 5.29. The first-order valence-electron chi connectivity index (χ1n) is 6.99. The molecule has 0 aliphatic carbocycles. The molecule has 1 heterocycles. The van der Waals surface area contributed by atoms with E-state index in [1.165, 1.54) is 0 Å². The standard InChI is InChI=1S/C15H28N4/c1-11(2)12(3)19(7)14-10-16-8-13(18-14)9-17-15(4,5)6/h8,10-12,17H,9H2,1-7H3. The van der Waals surface area contributed by atoms with E-state index in [9.17, 15) is 0 Å². The van der Waals surface area contributed by atoms with Crippen LogP contribution >= 0.6 is 0 Å². The van der Waals surface area contributed by atoms with E-state index < -0.39 is 0 Å². The van der Waals surface area contributed by atoms with Gasteiger partial charge in [-0.15, -0.1) is 0 Å². The van der Waals surface area contributed by atoms with Crippen molar-refractivity contribution in [1.29, 1.82) is 0 Å². The average molecular weight is 264 g/mol. The Hall–Kier alpha value is -1.16. The molecule has 0 radical (unpaired) electrons. The summed E-state index contributed by atoms with van der Waals surface area (Å²) in [5.74, 6) is 1.53. The summed E-state index contributed by atoms with van der Waals surface area (Å²) < 4.78 is 0. The van der Waals surface area contributed by atoms with E-state index in [1.807, 2.05) is 12.4 Å². The van der Waals surface area contributed by atoms with Crippen LogP contribution in [0.5, 0.6) is 0 Å². The van der Waals surface area contributed by atoms with Crippen molar-refractivity contribution in [3.05, 3.63) is 18.1 Å². The predicted molar refractivity (Wildman–Crippen MR) is 81.3 cm³/mol. The summed E-state index contributed by atoms with van der Waals surface area (Å²) in [6.45, 7) is 13.9. The van der Waals surface area contributed by atoms with Crippen molar-refractivity contribution in [2.45, 2.75) is 59.7 Å². The molecule has 1 atom stereocenters. The minimum absolute atomic E-state index is 0.0921. The Morgan fingerprint density at radius 3 is 2.37 bits per heavy atom. The fourth-order valence-electron chi connectivity index (χ4n) is 1.66. The highest BCUT2D eigenvalue weighted by molar-refractivity contribution is 5.36. The van der Waals surface area contributed by atoms with Crippen LogP contribution < -0.4 is 10.2 Å². The van der Waals surface area contributed by atoms with Gasteiger partial charge in [0.15, 0.2) is 0 Å². The molecule has 0 saturated heterocycles. The number of rotatable bonds is 5. The van der Waals surface area contributed by atoms with E-state index in [-0.39, 0.29) is 5.54 Å². The van der Waals surface area contributed by atoms with Crippen LogP contribution in [-0.2, 0) is 6.54 Å². The second kappa shape index (κ2) is 6.33. The first-order valence-corrected chi connectivity index (χ1v) is 6.99. The van der Waals surface area contributed by atoms with Gasteiger partial charge >= 0.3 is 0 Å². The molecule has 0 bridgehead atoms. The van der Waals surface area contributed by atoms with Crippen molar-refractivity contribution in [3.8, 4) is 0 Å². The Bertz CT molecular complexity index is 395. The third kappa shape index (κ3) is 5.15. The van der Waals surface area contributed by atoms with E-state index in [2.05, 4.69) is 68.8 Å². The molecule has 4 heteroatoms. The minimum Gasteiger partial charge on any atom is -0.355 e. The molecule has 1 N–H and O–H groups in total. The van der Waals surface area contributed by atoms with Crippen LogP contribution in [0.15, 0.2) is 12.4 Å². The summed E-state index contributed by atoms with van der Waals surface area (Å²) in [6.07, 6.45) is 3.66. The molecular formula is C15H28N4. The Balaban J connectivity index is 2.77. The van der Waals surface area contributed by atoms with Crippen molar-refractivity contribution in [2.24, 2.45) is 5.92 Å². The summed E-state index contributed by atoms with van der Waals surface area (Å²) in [5, 5.41) is 3.44. The molecule has 1 aromatic heterocycles. The van der Waals surface area contributed by atoms with E-state index in [0.29, 0.717) is 12.0 Å². The SMILES string of the molecule is CC(C)C(C)N(C)c1cncc(CNC(C)(C)C)n1. The van der Waals surface area contributed by atoms with E-state index in [0.717, 1.165) is 18.1 Å². The van der Waals surface area contributed by atoms with Gasteiger partial charge in [-0.2, -0.15) is 0 Å². The van der Waals surface area contributed by atoms with Gasteiger partial charge in [0.1, 0.15) is 5.82 Å². The zero-order valence-corrected chi connectivity index (χ0v) is 13.4. The zero-order chi connectivity index (χ0) is 14.6. The number of aromatic nitrogens is 2. The van der Waals surface area contributed by atoms with Gasteiger partial charge in [-0.25, -0.2) is 4.98 Å². The van der Waals surface area contributed by atoms with Crippen LogP contribution in [0.4, 0.5) is 5.82 Å². The maximum Gasteiger partial charge on any atom is 0.147 e. The first kappa shape index (κ1) is 15.9. The zero-order valence-electron chi connectivity index (χ0n) is 13.4. The normalized spacial score (nSPS) is 13.7. The van der Waals surface area contributed by atoms with Crippen LogP contribution in [0.2, 0.25) is 0 Å². The van der Waals surface area contributed by atoms with Crippen molar-refractivity contribution in [2.75, 3.05) is 11.9 Å². The summed E-state index contributed by atoms with van der Waals surface area (Å²) in [5.41, 5.74) is 1.07. The number of anilines is 1. The van der Waals surface area contributed by atoms with E-state index in [4.69, 9.17) is 0 Å². The summed E-state index contributed by atoms with van der Waals surface area (Å²) in [7, 11) is 2.08. The fraction of sp³-hybridized carbons (Fsp3) is 0.733. The number of hydrogen-bond acceptors (Lipinski definition) is 4. The maximum atomic E-state index is 4.68. The van der Waals surface area contributed by atoms with Gasteiger partial charge < -0.3 is 10.2 Å². The average Bonchev–Trinajstić information content (AvgIpc) is 2.34. The second-order valence-electron chi connectivity index (χ2n) is 6.57. The van der Waals surface area contributed by atoms with Gasteiger partial charge in [-0.1, -0.05) is 13.8 Å². The molecule has 0 fully saturated rings. The second-order valence-corrected chi connectivity index (χ2v) is 6.57. The van der Waals surface area contributed by atoms with E-state index in [1.54, 1.807) is 0 Å². The Labute approximate surface area is 117 Å². The third-order valence-electron chi connectivity index (χ3n) is 3.41. The molecule has 1 aromatic rings. The number of hydrogen-bond donors (Lipinski definition) is 1. The van der Waals surface area contributed by atoms with Gasteiger partial charge in [0.25, 0.3) is 0 Å². The Morgan fingerprint density at radius 2 is 1.84 bits per heavy atom. The molecule has 0 aliphatic rings. The van der Waals surface area contributed by atoms with Crippen LogP contribution in [-0.4, -0.2) is 28.6 Å². The molecule has 0 aliphatic heterocycles. The first-order chi connectivity index (χ1) is 8.70. The molecular weight excluding hydrogens is 236 g/mol.